The second-order valence-electron chi connectivity index (χ2n) is 4.01. The molecule has 0 atom stereocenters. The Labute approximate surface area is 106 Å². The lowest BCUT2D eigenvalue weighted by molar-refractivity contribution is 1.05. The standard InChI is InChI=1S/C13H17N5/c1-3-10-4-6-11(7-5-10)17-12-8-13(18-14)16-9(2)15-12/h4-8H,3,14H2,1-2H3,(H2,15,16,17,18). The minimum Gasteiger partial charge on any atom is -0.340 e. The number of nitrogen functional groups attached to an aromatic ring is 1. The fourth-order valence-corrected chi connectivity index (χ4v) is 1.68. The Morgan fingerprint density at radius 2 is 1.78 bits per heavy atom. The Balaban J connectivity index is 2.19. The van der Waals surface area contributed by atoms with Crippen LogP contribution in [0.15, 0.2) is 30.3 Å². The lowest BCUT2D eigenvalue weighted by Crippen LogP contribution is -2.10. The zero-order valence-electron chi connectivity index (χ0n) is 10.6. The first-order valence-corrected chi connectivity index (χ1v) is 5.89. The van der Waals surface area contributed by atoms with Crippen molar-refractivity contribution in [2.75, 3.05) is 10.7 Å². The Morgan fingerprint density at radius 1 is 1.11 bits per heavy atom. The number of nitrogens with one attached hydrogen (secondary N) is 2. The van der Waals surface area contributed by atoms with Crippen LogP contribution in [0.3, 0.4) is 0 Å². The third-order valence-corrected chi connectivity index (χ3v) is 2.62. The summed E-state index contributed by atoms with van der Waals surface area (Å²) in [4.78, 5) is 8.44. The molecule has 0 amide bonds. The first-order chi connectivity index (χ1) is 8.71. The molecule has 5 heteroatoms. The van der Waals surface area contributed by atoms with E-state index in [1.54, 1.807) is 6.07 Å². The van der Waals surface area contributed by atoms with Crippen LogP contribution >= 0.6 is 0 Å². The first kappa shape index (κ1) is 12.3. The average molecular weight is 243 g/mol. The number of hydrogen-bond donors (Lipinski definition) is 3. The number of nitrogens with two attached hydrogens (primary N) is 1. The Hall–Kier alpha value is -2.14. The van der Waals surface area contributed by atoms with E-state index in [-0.39, 0.29) is 0 Å². The molecule has 0 fully saturated rings. The summed E-state index contributed by atoms with van der Waals surface area (Å²) in [6.07, 6.45) is 1.04. The van der Waals surface area contributed by atoms with E-state index in [0.717, 1.165) is 17.9 Å². The third kappa shape index (κ3) is 2.95. The second-order valence-corrected chi connectivity index (χ2v) is 4.01. The van der Waals surface area contributed by atoms with Crippen LogP contribution in [0, 0.1) is 6.92 Å². The van der Waals surface area contributed by atoms with E-state index in [0.29, 0.717) is 11.6 Å². The highest BCUT2D eigenvalue weighted by Crippen LogP contribution is 2.17. The number of hydrogen-bond acceptors (Lipinski definition) is 5. The van der Waals surface area contributed by atoms with Gasteiger partial charge in [-0.05, 0) is 31.0 Å². The molecule has 0 unspecified atom stereocenters. The van der Waals surface area contributed by atoms with Crippen LogP contribution in [0.4, 0.5) is 17.3 Å². The molecular weight excluding hydrogens is 226 g/mol. The monoisotopic (exact) mass is 243 g/mol. The van der Waals surface area contributed by atoms with E-state index in [9.17, 15) is 0 Å². The number of hydrazine groups is 1. The van der Waals surface area contributed by atoms with E-state index in [4.69, 9.17) is 5.84 Å². The fraction of sp³-hybridized carbons (Fsp3) is 0.231. The Bertz CT molecular complexity index is 521. The molecule has 0 saturated heterocycles. The van der Waals surface area contributed by atoms with Crippen molar-refractivity contribution in [1.82, 2.24) is 9.97 Å². The molecule has 0 bridgehead atoms. The molecule has 0 radical (unpaired) electrons. The molecule has 0 spiro atoms. The summed E-state index contributed by atoms with van der Waals surface area (Å²) >= 11 is 0. The van der Waals surface area contributed by atoms with Crippen molar-refractivity contribution in [2.45, 2.75) is 20.3 Å². The summed E-state index contributed by atoms with van der Waals surface area (Å²) < 4.78 is 0. The molecule has 94 valence electrons. The molecule has 0 aliphatic rings. The number of nitrogens with zero attached hydrogens (tertiary/aromatic N) is 2. The van der Waals surface area contributed by atoms with Crippen LogP contribution in [0.5, 0.6) is 0 Å². The van der Waals surface area contributed by atoms with Crippen molar-refractivity contribution in [2.24, 2.45) is 5.84 Å². The summed E-state index contributed by atoms with van der Waals surface area (Å²) in [5.74, 6) is 7.33. The molecule has 2 aromatic rings. The van der Waals surface area contributed by atoms with Gasteiger partial charge in [-0.25, -0.2) is 15.8 Å². The van der Waals surface area contributed by atoms with Crippen LogP contribution in [0.25, 0.3) is 0 Å². The van der Waals surface area contributed by atoms with Gasteiger partial charge in [0, 0.05) is 11.8 Å². The van der Waals surface area contributed by atoms with Crippen LogP contribution in [0.1, 0.15) is 18.3 Å². The molecule has 0 saturated carbocycles. The lowest BCUT2D eigenvalue weighted by Gasteiger charge is -2.08. The Kier molecular flexibility index (Phi) is 3.74. The topological polar surface area (TPSA) is 75.9 Å². The van der Waals surface area contributed by atoms with Crippen LogP contribution in [-0.2, 0) is 6.42 Å². The summed E-state index contributed by atoms with van der Waals surface area (Å²) in [5.41, 5.74) is 4.82. The average Bonchev–Trinajstić information content (AvgIpc) is 2.39. The smallest absolute Gasteiger partial charge is 0.145 e. The largest absolute Gasteiger partial charge is 0.340 e. The number of benzene rings is 1. The van der Waals surface area contributed by atoms with Gasteiger partial charge in [-0.15, -0.1) is 0 Å². The number of aromatic nitrogens is 2. The van der Waals surface area contributed by atoms with Gasteiger partial charge in [-0.3, -0.25) is 0 Å². The SMILES string of the molecule is CCc1ccc(Nc2cc(NN)nc(C)n2)cc1. The van der Waals surface area contributed by atoms with Crippen molar-refractivity contribution in [3.05, 3.63) is 41.7 Å². The molecule has 1 heterocycles. The van der Waals surface area contributed by atoms with Gasteiger partial charge >= 0.3 is 0 Å². The van der Waals surface area contributed by atoms with E-state index < -0.39 is 0 Å². The highest BCUT2D eigenvalue weighted by atomic mass is 15.3. The van der Waals surface area contributed by atoms with Gasteiger partial charge in [0.2, 0.25) is 0 Å². The quantitative estimate of drug-likeness (QED) is 0.568. The number of anilines is 3. The second kappa shape index (κ2) is 5.46. The minimum atomic E-state index is 0.593. The maximum absolute atomic E-state index is 5.35. The molecule has 0 aliphatic carbocycles. The van der Waals surface area contributed by atoms with Gasteiger partial charge in [0.25, 0.3) is 0 Å². The molecule has 1 aromatic heterocycles. The van der Waals surface area contributed by atoms with Gasteiger partial charge in [0.15, 0.2) is 0 Å². The van der Waals surface area contributed by atoms with Gasteiger partial charge in [0.1, 0.15) is 17.5 Å². The van der Waals surface area contributed by atoms with Gasteiger partial charge in [-0.1, -0.05) is 19.1 Å². The molecular formula is C13H17N5. The van der Waals surface area contributed by atoms with Gasteiger partial charge in [0.05, 0.1) is 0 Å². The predicted molar refractivity (Wildman–Crippen MR) is 73.7 cm³/mol. The van der Waals surface area contributed by atoms with E-state index in [2.05, 4.69) is 39.8 Å². The molecule has 2 rings (SSSR count). The van der Waals surface area contributed by atoms with Crippen molar-refractivity contribution < 1.29 is 0 Å². The first-order valence-electron chi connectivity index (χ1n) is 5.89. The molecule has 4 N–H and O–H groups in total. The highest BCUT2D eigenvalue weighted by Gasteiger charge is 2.01. The highest BCUT2D eigenvalue weighted by molar-refractivity contribution is 5.59. The number of aryl methyl sites for hydroxylation is 2. The molecule has 0 aliphatic heterocycles. The van der Waals surface area contributed by atoms with E-state index in [1.807, 2.05) is 19.1 Å². The summed E-state index contributed by atoms with van der Waals surface area (Å²) in [6.45, 7) is 3.96. The van der Waals surface area contributed by atoms with Crippen molar-refractivity contribution >= 4 is 17.3 Å². The van der Waals surface area contributed by atoms with Crippen LogP contribution < -0.4 is 16.6 Å². The van der Waals surface area contributed by atoms with Gasteiger partial charge in [-0.2, -0.15) is 0 Å². The maximum atomic E-state index is 5.35. The van der Waals surface area contributed by atoms with Crippen molar-refractivity contribution in [3.63, 3.8) is 0 Å². The molecule has 1 aromatic carbocycles. The zero-order valence-corrected chi connectivity index (χ0v) is 10.6. The minimum absolute atomic E-state index is 0.593. The third-order valence-electron chi connectivity index (χ3n) is 2.62. The van der Waals surface area contributed by atoms with Crippen molar-refractivity contribution in [3.8, 4) is 0 Å². The predicted octanol–water partition coefficient (Wildman–Crippen LogP) is 2.38. The summed E-state index contributed by atoms with van der Waals surface area (Å²) in [5, 5.41) is 3.22. The molecule has 5 nitrogen and oxygen atoms in total. The summed E-state index contributed by atoms with van der Waals surface area (Å²) in [6, 6.07) is 10.0. The fourth-order valence-electron chi connectivity index (χ4n) is 1.68. The van der Waals surface area contributed by atoms with Crippen LogP contribution in [-0.4, -0.2) is 9.97 Å². The lowest BCUT2D eigenvalue weighted by atomic mass is 10.1. The number of rotatable bonds is 4. The normalized spacial score (nSPS) is 10.2. The molecule has 18 heavy (non-hydrogen) atoms. The maximum Gasteiger partial charge on any atom is 0.145 e. The van der Waals surface area contributed by atoms with E-state index >= 15 is 0 Å². The van der Waals surface area contributed by atoms with Crippen LogP contribution in [0.2, 0.25) is 0 Å². The zero-order chi connectivity index (χ0) is 13.0. The van der Waals surface area contributed by atoms with Crippen molar-refractivity contribution in [1.29, 1.82) is 0 Å². The Morgan fingerprint density at radius 3 is 2.39 bits per heavy atom. The van der Waals surface area contributed by atoms with E-state index in [1.165, 1.54) is 5.56 Å². The van der Waals surface area contributed by atoms with Gasteiger partial charge < -0.3 is 10.7 Å². The summed E-state index contributed by atoms with van der Waals surface area (Å²) in [7, 11) is 0.